The molecule has 2 amide bonds. The summed E-state index contributed by atoms with van der Waals surface area (Å²) in [6.45, 7) is 3.06. The summed E-state index contributed by atoms with van der Waals surface area (Å²) in [6.07, 6.45) is 1.07. The molecular formula is C23H41BGdN6O10. The third-order valence-corrected chi connectivity index (χ3v) is 7.05. The van der Waals surface area contributed by atoms with Gasteiger partial charge in [0.15, 0.2) is 0 Å². The average Bonchev–Trinajstić information content (AvgIpc) is 3.34. The fraction of sp³-hybridized carbons (Fsp3) is 0.783. The van der Waals surface area contributed by atoms with Gasteiger partial charge in [0.05, 0.1) is 32.1 Å². The third kappa shape index (κ3) is 14.0. The summed E-state index contributed by atoms with van der Waals surface area (Å²) >= 11 is 0. The van der Waals surface area contributed by atoms with E-state index in [1.54, 1.807) is 19.6 Å². The molecule has 0 unspecified atom stereocenters. The molecule has 41 heavy (non-hydrogen) atoms. The zero-order valence-corrected chi connectivity index (χ0v) is 25.5. The topological polar surface area (TPSA) is 215 Å². The van der Waals surface area contributed by atoms with Crippen LogP contribution in [0, 0.1) is 39.9 Å². The van der Waals surface area contributed by atoms with Crippen molar-refractivity contribution in [3.63, 3.8) is 0 Å². The Hall–Kier alpha value is -1.50. The number of hydrogen-bond acceptors (Lipinski definition) is 11. The molecule has 0 aromatic heterocycles. The summed E-state index contributed by atoms with van der Waals surface area (Å²) in [6, 6.07) is -0.911. The molecule has 2 aliphatic heterocycles. The molecular weight excluding hydrogens is 688 g/mol. The zero-order valence-electron chi connectivity index (χ0n) is 23.2. The van der Waals surface area contributed by atoms with Crippen molar-refractivity contribution in [1.29, 1.82) is 0 Å². The molecule has 2 atom stereocenters. The van der Waals surface area contributed by atoms with Crippen molar-refractivity contribution in [2.75, 3.05) is 85.1 Å². The molecule has 0 aromatic rings. The van der Waals surface area contributed by atoms with Gasteiger partial charge in [0, 0.05) is 98.8 Å². The van der Waals surface area contributed by atoms with E-state index in [2.05, 4.69) is 5.32 Å². The number of aliphatic carboxylic acids is 3. The minimum absolute atomic E-state index is 0. The van der Waals surface area contributed by atoms with Crippen LogP contribution in [-0.4, -0.2) is 184 Å². The molecule has 2 heterocycles. The Labute approximate surface area is 271 Å². The predicted octanol–water partition coefficient (Wildman–Crippen LogP) is -4.03. The molecule has 16 nitrogen and oxygen atoms in total. The third-order valence-electron chi connectivity index (χ3n) is 7.05. The number of carboxylic acid groups (broad SMARTS) is 3. The van der Waals surface area contributed by atoms with E-state index >= 15 is 0 Å². The minimum Gasteiger partial charge on any atom is -0.480 e. The zero-order chi connectivity index (χ0) is 29.8. The molecule has 6 N–H and O–H groups in total. The molecule has 0 spiro atoms. The molecule has 0 saturated carbocycles. The first-order valence-corrected chi connectivity index (χ1v) is 13.4. The van der Waals surface area contributed by atoms with Gasteiger partial charge in [0.2, 0.25) is 11.8 Å². The number of carboxylic acids is 3. The number of carbonyl (C=O) groups excluding carboxylic acids is 2. The monoisotopic (exact) mass is 730 g/mol. The maximum Gasteiger partial charge on any atom is 0.475 e. The Bertz CT molecular complexity index is 871. The van der Waals surface area contributed by atoms with E-state index in [1.165, 1.54) is 11.8 Å². The average molecular weight is 730 g/mol. The van der Waals surface area contributed by atoms with Gasteiger partial charge < -0.3 is 35.6 Å². The van der Waals surface area contributed by atoms with Crippen LogP contribution in [0.5, 0.6) is 0 Å². The molecule has 0 bridgehead atoms. The van der Waals surface area contributed by atoms with Gasteiger partial charge in [-0.05, 0) is 19.8 Å². The SMILES string of the molecule is C[C@@H](NC(=O)CN1CCN(CC(=O)O)CCN(CC(=O)O)CCN(CC(=O)O)CC1)C(=O)N1CCC[C@H]1B(O)O.[Gd]. The number of amides is 2. The number of likely N-dealkylation sites (tertiary alicyclic amines) is 1. The van der Waals surface area contributed by atoms with E-state index in [1.807, 2.05) is 0 Å². The van der Waals surface area contributed by atoms with Gasteiger partial charge >= 0.3 is 25.0 Å². The van der Waals surface area contributed by atoms with Gasteiger partial charge in [0.25, 0.3) is 0 Å². The van der Waals surface area contributed by atoms with E-state index in [0.29, 0.717) is 19.4 Å². The molecule has 2 saturated heterocycles. The predicted molar refractivity (Wildman–Crippen MR) is 141 cm³/mol. The summed E-state index contributed by atoms with van der Waals surface area (Å²) in [5.41, 5.74) is 0. The molecule has 0 aromatic carbocycles. The first kappa shape index (κ1) is 37.5. The van der Waals surface area contributed by atoms with Gasteiger partial charge in [-0.3, -0.25) is 43.6 Å². The second-order valence-corrected chi connectivity index (χ2v) is 10.2. The second kappa shape index (κ2) is 18.9. The summed E-state index contributed by atoms with van der Waals surface area (Å²) in [4.78, 5) is 67.9. The Balaban J connectivity index is 0.00000840. The van der Waals surface area contributed by atoms with E-state index in [4.69, 9.17) is 0 Å². The molecule has 2 fully saturated rings. The van der Waals surface area contributed by atoms with Crippen LogP contribution in [0.1, 0.15) is 19.8 Å². The van der Waals surface area contributed by atoms with E-state index in [-0.39, 0.29) is 118 Å². The molecule has 2 rings (SSSR count). The Morgan fingerprint density at radius 2 is 1.07 bits per heavy atom. The van der Waals surface area contributed by atoms with E-state index in [9.17, 15) is 49.3 Å². The number of nitrogens with zero attached hydrogens (tertiary/aromatic N) is 5. The van der Waals surface area contributed by atoms with Gasteiger partial charge in [-0.1, -0.05) is 0 Å². The van der Waals surface area contributed by atoms with Crippen molar-refractivity contribution in [3.05, 3.63) is 0 Å². The summed E-state index contributed by atoms with van der Waals surface area (Å²) < 4.78 is 0. The Kier molecular flexibility index (Phi) is 17.3. The Morgan fingerprint density at radius 1 is 0.707 bits per heavy atom. The summed E-state index contributed by atoms with van der Waals surface area (Å²) in [7, 11) is -1.67. The number of hydrogen-bond donors (Lipinski definition) is 6. The standard InChI is InChI=1S/C23H41BN6O10.Gd/c1-17(23(38)30-4-2-3-18(30)24(39)40)25-19(31)13-26-5-7-27(14-20(32)33)9-11-29(16-22(36)37)12-10-28(8-6-26)15-21(34)35;/h17-18,39-40H,2-16H2,1H3,(H,25,31)(H,32,33)(H,34,35)(H,36,37);/t17-,18+;/m1./s1. The van der Waals surface area contributed by atoms with Crippen LogP contribution in [0.15, 0.2) is 0 Å². The number of carbonyl (C=O) groups is 5. The van der Waals surface area contributed by atoms with Crippen LogP contribution in [0.25, 0.3) is 0 Å². The molecule has 2 aliphatic rings. The van der Waals surface area contributed by atoms with Crippen molar-refractivity contribution < 1.29 is 89.3 Å². The summed E-state index contributed by atoms with van der Waals surface area (Å²) in [5, 5.41) is 49.6. The maximum atomic E-state index is 12.9. The normalized spacial score (nSPS) is 21.1. The van der Waals surface area contributed by atoms with Gasteiger partial charge in [-0.15, -0.1) is 0 Å². The van der Waals surface area contributed by atoms with Crippen LogP contribution >= 0.6 is 0 Å². The van der Waals surface area contributed by atoms with Crippen molar-refractivity contribution in [1.82, 2.24) is 29.8 Å². The largest absolute Gasteiger partial charge is 0.480 e. The van der Waals surface area contributed by atoms with Crippen molar-refractivity contribution in [3.8, 4) is 0 Å². The first-order valence-electron chi connectivity index (χ1n) is 13.4. The van der Waals surface area contributed by atoms with Crippen LogP contribution in [0.4, 0.5) is 0 Å². The van der Waals surface area contributed by atoms with Gasteiger partial charge in [-0.25, -0.2) is 0 Å². The van der Waals surface area contributed by atoms with Crippen molar-refractivity contribution in [2.45, 2.75) is 31.7 Å². The second-order valence-electron chi connectivity index (χ2n) is 10.2. The minimum atomic E-state index is -1.67. The molecule has 18 heteroatoms. The maximum absolute atomic E-state index is 12.9. The van der Waals surface area contributed by atoms with Crippen LogP contribution < -0.4 is 5.32 Å². The van der Waals surface area contributed by atoms with Gasteiger partial charge in [-0.2, -0.15) is 0 Å². The van der Waals surface area contributed by atoms with Crippen molar-refractivity contribution in [2.24, 2.45) is 0 Å². The van der Waals surface area contributed by atoms with Crippen LogP contribution in [-0.2, 0) is 24.0 Å². The van der Waals surface area contributed by atoms with E-state index < -0.39 is 48.8 Å². The molecule has 0 radical (unpaired) electrons. The summed E-state index contributed by atoms with van der Waals surface area (Å²) in [5.74, 6) is -4.75. The van der Waals surface area contributed by atoms with Crippen molar-refractivity contribution >= 4 is 36.8 Å². The fourth-order valence-electron chi connectivity index (χ4n) is 4.96. The fourth-order valence-corrected chi connectivity index (χ4v) is 4.96. The van der Waals surface area contributed by atoms with Crippen LogP contribution in [0.3, 0.4) is 0 Å². The molecule has 0 aliphatic carbocycles. The van der Waals surface area contributed by atoms with E-state index in [0.717, 1.165) is 0 Å². The number of nitrogens with one attached hydrogen (secondary N) is 1. The number of rotatable bonds is 11. The quantitative estimate of drug-likeness (QED) is 0.112. The smallest absolute Gasteiger partial charge is 0.475 e. The van der Waals surface area contributed by atoms with Gasteiger partial charge in [0.1, 0.15) is 6.04 Å². The Morgan fingerprint density at radius 3 is 1.41 bits per heavy atom. The first-order chi connectivity index (χ1) is 18.8. The molecule has 234 valence electrons. The van der Waals surface area contributed by atoms with Crippen LogP contribution in [0.2, 0.25) is 0 Å².